The van der Waals surface area contributed by atoms with E-state index in [0.29, 0.717) is 12.1 Å². The number of ketones is 2. The highest BCUT2D eigenvalue weighted by Gasteiger charge is 2.24. The largest absolute Gasteiger partial charge is 0.321 e. The molecule has 0 aliphatic carbocycles. The molecule has 0 saturated heterocycles. The fourth-order valence-corrected chi connectivity index (χ4v) is 2.39. The Bertz CT molecular complexity index is 819. The number of carbonyl (C=O) groups is 2. The molecule has 0 aliphatic rings. The van der Waals surface area contributed by atoms with Crippen LogP contribution in [0, 0.1) is 0 Å². The van der Waals surface area contributed by atoms with E-state index >= 15 is 0 Å². The maximum absolute atomic E-state index is 12.5. The van der Waals surface area contributed by atoms with E-state index in [1.165, 1.54) is 0 Å². The average Bonchev–Trinajstić information content (AvgIpc) is 2.92. The lowest BCUT2D eigenvalue weighted by Crippen LogP contribution is -2.19. The molecule has 104 valence electrons. The summed E-state index contributed by atoms with van der Waals surface area (Å²) in [5.74, 6) is -0.896. The molecule has 0 N–H and O–H groups in total. The molecule has 4 nitrogen and oxygen atoms in total. The Morgan fingerprint density at radius 2 is 1.62 bits per heavy atom. The van der Waals surface area contributed by atoms with Gasteiger partial charge in [-0.3, -0.25) is 9.59 Å². The van der Waals surface area contributed by atoms with Gasteiger partial charge in [-0.25, -0.2) is 4.98 Å². The average molecular weight is 278 g/mol. The van der Waals surface area contributed by atoms with Gasteiger partial charge in [0, 0.05) is 12.1 Å². The number of hydrogen-bond donors (Lipinski definition) is 0. The van der Waals surface area contributed by atoms with Gasteiger partial charge in [-0.15, -0.1) is 0 Å². The van der Waals surface area contributed by atoms with Crippen LogP contribution in [0.2, 0.25) is 0 Å². The SMILES string of the molecule is CCn1c(C(=O)C(=O)c2ccccc2)nc2ccccc21. The van der Waals surface area contributed by atoms with Crippen LogP contribution in [0.3, 0.4) is 0 Å². The lowest BCUT2D eigenvalue weighted by molar-refractivity contribution is 0.0808. The highest BCUT2D eigenvalue weighted by Crippen LogP contribution is 2.17. The number of aromatic nitrogens is 2. The van der Waals surface area contributed by atoms with Gasteiger partial charge in [-0.2, -0.15) is 0 Å². The molecule has 2 aromatic carbocycles. The smallest absolute Gasteiger partial charge is 0.268 e. The zero-order chi connectivity index (χ0) is 14.8. The van der Waals surface area contributed by atoms with E-state index in [2.05, 4.69) is 4.98 Å². The second-order valence-corrected chi connectivity index (χ2v) is 4.69. The highest BCUT2D eigenvalue weighted by molar-refractivity contribution is 6.48. The summed E-state index contributed by atoms with van der Waals surface area (Å²) in [7, 11) is 0. The van der Waals surface area contributed by atoms with Gasteiger partial charge in [-0.05, 0) is 19.1 Å². The molecule has 3 rings (SSSR count). The van der Waals surface area contributed by atoms with Crippen molar-refractivity contribution in [2.75, 3.05) is 0 Å². The van der Waals surface area contributed by atoms with Crippen molar-refractivity contribution in [1.29, 1.82) is 0 Å². The van der Waals surface area contributed by atoms with Crippen LogP contribution in [0.15, 0.2) is 54.6 Å². The van der Waals surface area contributed by atoms with E-state index in [-0.39, 0.29) is 5.82 Å². The number of hydrogen-bond acceptors (Lipinski definition) is 3. The molecule has 0 radical (unpaired) electrons. The maximum atomic E-state index is 12.5. The number of imidazole rings is 1. The van der Waals surface area contributed by atoms with Gasteiger partial charge in [0.1, 0.15) is 0 Å². The second-order valence-electron chi connectivity index (χ2n) is 4.69. The third-order valence-electron chi connectivity index (χ3n) is 3.42. The quantitative estimate of drug-likeness (QED) is 0.544. The van der Waals surface area contributed by atoms with Crippen LogP contribution < -0.4 is 0 Å². The number of carbonyl (C=O) groups excluding carboxylic acids is 2. The van der Waals surface area contributed by atoms with Crippen LogP contribution in [0.25, 0.3) is 11.0 Å². The molecule has 0 spiro atoms. The molecule has 0 amide bonds. The number of rotatable bonds is 4. The molecule has 3 aromatic rings. The molecular formula is C17H14N2O2. The minimum absolute atomic E-state index is 0.201. The van der Waals surface area contributed by atoms with E-state index in [1.807, 2.05) is 37.3 Å². The summed E-state index contributed by atoms with van der Waals surface area (Å²) >= 11 is 0. The first-order valence-electron chi connectivity index (χ1n) is 6.81. The topological polar surface area (TPSA) is 52.0 Å². The van der Waals surface area contributed by atoms with E-state index in [9.17, 15) is 9.59 Å². The molecule has 0 fully saturated rings. The van der Waals surface area contributed by atoms with Crippen molar-refractivity contribution in [3.05, 3.63) is 66.0 Å². The van der Waals surface area contributed by atoms with E-state index in [4.69, 9.17) is 0 Å². The Hall–Kier alpha value is -2.75. The number of aryl methyl sites for hydroxylation is 1. The van der Waals surface area contributed by atoms with Gasteiger partial charge < -0.3 is 4.57 Å². The summed E-state index contributed by atoms with van der Waals surface area (Å²) in [4.78, 5) is 29.1. The van der Waals surface area contributed by atoms with Crippen molar-refractivity contribution >= 4 is 22.6 Å². The Morgan fingerprint density at radius 3 is 2.33 bits per heavy atom. The first kappa shape index (κ1) is 13.2. The molecule has 21 heavy (non-hydrogen) atoms. The van der Waals surface area contributed by atoms with Crippen LogP contribution in [-0.4, -0.2) is 21.1 Å². The molecule has 0 aliphatic heterocycles. The zero-order valence-electron chi connectivity index (χ0n) is 11.6. The zero-order valence-corrected chi connectivity index (χ0v) is 11.6. The Morgan fingerprint density at radius 1 is 0.952 bits per heavy atom. The molecule has 1 heterocycles. The minimum Gasteiger partial charge on any atom is -0.321 e. The first-order chi connectivity index (χ1) is 10.2. The fourth-order valence-electron chi connectivity index (χ4n) is 2.39. The molecule has 0 saturated carbocycles. The molecule has 4 heteroatoms. The molecule has 0 atom stereocenters. The lowest BCUT2D eigenvalue weighted by atomic mass is 10.1. The Balaban J connectivity index is 2.08. The van der Waals surface area contributed by atoms with Gasteiger partial charge in [0.2, 0.25) is 5.78 Å². The van der Waals surface area contributed by atoms with Gasteiger partial charge in [-0.1, -0.05) is 42.5 Å². The maximum Gasteiger partial charge on any atom is 0.268 e. The van der Waals surface area contributed by atoms with Crippen LogP contribution in [0.1, 0.15) is 27.9 Å². The highest BCUT2D eigenvalue weighted by atomic mass is 16.2. The second kappa shape index (κ2) is 5.32. The summed E-state index contributed by atoms with van der Waals surface area (Å²) in [5.41, 5.74) is 1.98. The third-order valence-corrected chi connectivity index (χ3v) is 3.42. The lowest BCUT2D eigenvalue weighted by Gasteiger charge is -2.04. The summed E-state index contributed by atoms with van der Waals surface area (Å²) in [6.07, 6.45) is 0. The van der Waals surface area contributed by atoms with Gasteiger partial charge in [0.25, 0.3) is 5.78 Å². The molecule has 0 bridgehead atoms. The van der Waals surface area contributed by atoms with Crippen molar-refractivity contribution < 1.29 is 9.59 Å². The summed E-state index contributed by atoms with van der Waals surface area (Å²) < 4.78 is 1.78. The monoisotopic (exact) mass is 278 g/mol. The normalized spacial score (nSPS) is 10.7. The van der Waals surface area contributed by atoms with Gasteiger partial charge in [0.05, 0.1) is 11.0 Å². The van der Waals surface area contributed by atoms with Crippen LogP contribution in [0.4, 0.5) is 0 Å². The van der Waals surface area contributed by atoms with E-state index < -0.39 is 11.6 Å². The predicted octanol–water partition coefficient (Wildman–Crippen LogP) is 3.12. The number of nitrogens with zero attached hydrogens (tertiary/aromatic N) is 2. The third kappa shape index (κ3) is 2.25. The number of Topliss-reactive ketones (excluding diaryl/α,β-unsaturated/α-hetero) is 2. The summed E-state index contributed by atoms with van der Waals surface area (Å²) in [5, 5.41) is 0. The van der Waals surface area contributed by atoms with Crippen molar-refractivity contribution in [2.45, 2.75) is 13.5 Å². The van der Waals surface area contributed by atoms with Crippen molar-refractivity contribution in [3.63, 3.8) is 0 Å². The number of para-hydroxylation sites is 2. The van der Waals surface area contributed by atoms with Crippen molar-refractivity contribution in [2.24, 2.45) is 0 Å². The minimum atomic E-state index is -0.570. The molecule has 0 unspecified atom stereocenters. The fraction of sp³-hybridized carbons (Fsp3) is 0.118. The van der Waals surface area contributed by atoms with Crippen LogP contribution in [-0.2, 0) is 6.54 Å². The standard InChI is InChI=1S/C17H14N2O2/c1-2-19-14-11-7-6-10-13(14)18-17(19)16(21)15(20)12-8-4-3-5-9-12/h3-11H,2H2,1H3. The van der Waals surface area contributed by atoms with E-state index in [0.717, 1.165) is 11.0 Å². The summed E-state index contributed by atoms with van der Waals surface area (Å²) in [6.45, 7) is 2.52. The summed E-state index contributed by atoms with van der Waals surface area (Å²) in [6, 6.07) is 16.1. The van der Waals surface area contributed by atoms with Gasteiger partial charge in [0.15, 0.2) is 5.82 Å². The number of benzene rings is 2. The van der Waals surface area contributed by atoms with Crippen molar-refractivity contribution in [1.82, 2.24) is 9.55 Å². The predicted molar refractivity (Wildman–Crippen MR) is 80.5 cm³/mol. The molecular weight excluding hydrogens is 264 g/mol. The van der Waals surface area contributed by atoms with Crippen LogP contribution >= 0.6 is 0 Å². The Labute approximate surface area is 122 Å². The van der Waals surface area contributed by atoms with Crippen molar-refractivity contribution in [3.8, 4) is 0 Å². The molecule has 1 aromatic heterocycles. The van der Waals surface area contributed by atoms with Crippen LogP contribution in [0.5, 0.6) is 0 Å². The number of fused-ring (bicyclic) bond motifs is 1. The Kier molecular flexibility index (Phi) is 3.36. The van der Waals surface area contributed by atoms with Gasteiger partial charge >= 0.3 is 0 Å². The first-order valence-corrected chi connectivity index (χ1v) is 6.81. The van der Waals surface area contributed by atoms with E-state index in [1.54, 1.807) is 28.8 Å².